The van der Waals surface area contributed by atoms with Crippen molar-refractivity contribution in [3.63, 3.8) is 0 Å². The number of alkyl halides is 3. The minimum absolute atomic E-state index is 0.143. The molecule has 2 heterocycles. The fourth-order valence-corrected chi connectivity index (χ4v) is 2.73. The number of halogens is 5. The van der Waals surface area contributed by atoms with Gasteiger partial charge in [-0.15, -0.1) is 10.2 Å². The molecule has 0 spiro atoms. The molecule has 0 saturated heterocycles. The zero-order valence-electron chi connectivity index (χ0n) is 13.5. The van der Waals surface area contributed by atoms with E-state index >= 15 is 0 Å². The molecule has 0 aliphatic heterocycles. The van der Waals surface area contributed by atoms with Crippen LogP contribution in [0.2, 0.25) is 10.0 Å². The molecule has 138 valence electrons. The molecule has 5 nitrogen and oxygen atoms in total. The molecule has 0 atom stereocenters. The van der Waals surface area contributed by atoms with E-state index in [0.717, 1.165) is 5.56 Å². The van der Waals surface area contributed by atoms with Crippen LogP contribution in [0.4, 0.5) is 13.2 Å². The number of benzene rings is 1. The second kappa shape index (κ2) is 7.28. The summed E-state index contributed by atoms with van der Waals surface area (Å²) in [6.07, 6.45) is -3.91. The monoisotopic (exact) mass is 404 g/mol. The van der Waals surface area contributed by atoms with Gasteiger partial charge in [-0.05, 0) is 24.6 Å². The van der Waals surface area contributed by atoms with Gasteiger partial charge in [0.1, 0.15) is 0 Å². The molecule has 0 amide bonds. The quantitative estimate of drug-likeness (QED) is 0.616. The van der Waals surface area contributed by atoms with Crippen molar-refractivity contribution in [1.29, 1.82) is 0 Å². The molecule has 0 saturated carbocycles. The van der Waals surface area contributed by atoms with E-state index in [2.05, 4.69) is 15.3 Å². The van der Waals surface area contributed by atoms with Crippen LogP contribution in [-0.2, 0) is 25.6 Å². The molecule has 26 heavy (non-hydrogen) atoms. The average molecular weight is 405 g/mol. The Morgan fingerprint density at radius 3 is 2.35 bits per heavy atom. The number of nitrogens with zero attached hydrogens (tertiary/aromatic N) is 4. The smallest absolute Gasteiger partial charge is 0.425 e. The van der Waals surface area contributed by atoms with Gasteiger partial charge in [-0.25, -0.2) is 0 Å². The predicted octanol–water partition coefficient (Wildman–Crippen LogP) is 4.73. The summed E-state index contributed by atoms with van der Waals surface area (Å²) in [5.74, 6) is 0.724. The van der Waals surface area contributed by atoms with Gasteiger partial charge >= 0.3 is 6.18 Å². The van der Waals surface area contributed by atoms with Crippen molar-refractivity contribution < 1.29 is 17.6 Å². The first-order valence-corrected chi connectivity index (χ1v) is 8.35. The predicted molar refractivity (Wildman–Crippen MR) is 89.2 cm³/mol. The Morgan fingerprint density at radius 2 is 1.73 bits per heavy atom. The minimum atomic E-state index is -4.59. The summed E-state index contributed by atoms with van der Waals surface area (Å²) in [4.78, 5) is 0. The van der Waals surface area contributed by atoms with Gasteiger partial charge in [0.25, 0.3) is 0 Å². The van der Waals surface area contributed by atoms with E-state index in [0.29, 0.717) is 23.2 Å². The van der Waals surface area contributed by atoms with Crippen LogP contribution in [-0.4, -0.2) is 20.0 Å². The lowest BCUT2D eigenvalue weighted by Gasteiger charge is -2.02. The summed E-state index contributed by atoms with van der Waals surface area (Å²) in [5.41, 5.74) is 0.0969. The molecule has 0 unspecified atom stereocenters. The standard InChI is InChI=1S/C16H13Cl2F3N4O/c1-9-14(18)15(16(19,20)21)24-25(9)7-6-12-22-23-13(26-12)8-10-2-4-11(17)5-3-10/h2-5H,6-8H2,1H3. The van der Waals surface area contributed by atoms with Gasteiger partial charge in [0.15, 0.2) is 5.69 Å². The maximum Gasteiger partial charge on any atom is 0.436 e. The van der Waals surface area contributed by atoms with Gasteiger partial charge in [-0.3, -0.25) is 4.68 Å². The highest BCUT2D eigenvalue weighted by molar-refractivity contribution is 6.32. The first kappa shape index (κ1) is 18.7. The second-order valence-electron chi connectivity index (χ2n) is 5.61. The molecule has 0 radical (unpaired) electrons. The molecule has 1 aromatic carbocycles. The first-order chi connectivity index (χ1) is 12.2. The fourth-order valence-electron chi connectivity index (χ4n) is 2.36. The average Bonchev–Trinajstić information content (AvgIpc) is 3.13. The summed E-state index contributed by atoms with van der Waals surface area (Å²) in [6.45, 7) is 1.62. The lowest BCUT2D eigenvalue weighted by molar-refractivity contribution is -0.141. The van der Waals surface area contributed by atoms with Crippen molar-refractivity contribution in [1.82, 2.24) is 20.0 Å². The Hall–Kier alpha value is -2.06. The van der Waals surface area contributed by atoms with Crippen molar-refractivity contribution in [2.24, 2.45) is 0 Å². The summed E-state index contributed by atoms with van der Waals surface area (Å²) < 4.78 is 45.2. The van der Waals surface area contributed by atoms with Crippen LogP contribution in [0.1, 0.15) is 28.7 Å². The van der Waals surface area contributed by atoms with Crippen molar-refractivity contribution in [3.8, 4) is 0 Å². The third-order valence-corrected chi connectivity index (χ3v) is 4.42. The zero-order chi connectivity index (χ0) is 18.9. The van der Waals surface area contributed by atoms with Gasteiger partial charge < -0.3 is 4.42 Å². The number of rotatable bonds is 5. The van der Waals surface area contributed by atoms with Gasteiger partial charge in [0.2, 0.25) is 11.8 Å². The van der Waals surface area contributed by atoms with E-state index in [1.807, 2.05) is 12.1 Å². The van der Waals surface area contributed by atoms with Crippen LogP contribution in [0.25, 0.3) is 0 Å². The van der Waals surface area contributed by atoms with Crippen LogP contribution >= 0.6 is 23.2 Å². The van der Waals surface area contributed by atoms with Crippen LogP contribution in [0, 0.1) is 6.92 Å². The van der Waals surface area contributed by atoms with E-state index in [4.69, 9.17) is 27.6 Å². The maximum absolute atomic E-state index is 12.8. The fraction of sp³-hybridized carbons (Fsp3) is 0.312. The highest BCUT2D eigenvalue weighted by Crippen LogP contribution is 2.35. The molecule has 10 heteroatoms. The lowest BCUT2D eigenvalue weighted by atomic mass is 10.1. The van der Waals surface area contributed by atoms with Gasteiger partial charge in [-0.2, -0.15) is 18.3 Å². The normalized spacial score (nSPS) is 11.9. The van der Waals surface area contributed by atoms with E-state index in [9.17, 15) is 13.2 Å². The van der Waals surface area contributed by atoms with Crippen molar-refractivity contribution in [3.05, 3.63) is 63.0 Å². The van der Waals surface area contributed by atoms with Crippen LogP contribution in [0.15, 0.2) is 28.7 Å². The number of aromatic nitrogens is 4. The van der Waals surface area contributed by atoms with Crippen molar-refractivity contribution >= 4 is 23.2 Å². The third-order valence-electron chi connectivity index (χ3n) is 3.72. The van der Waals surface area contributed by atoms with Crippen LogP contribution in [0.5, 0.6) is 0 Å². The summed E-state index contributed by atoms with van der Waals surface area (Å²) >= 11 is 11.6. The van der Waals surface area contributed by atoms with Gasteiger partial charge in [0, 0.05) is 18.0 Å². The molecule has 0 aliphatic carbocycles. The molecule has 0 fully saturated rings. The summed E-state index contributed by atoms with van der Waals surface area (Å²) in [7, 11) is 0. The van der Waals surface area contributed by atoms with E-state index < -0.39 is 16.9 Å². The van der Waals surface area contributed by atoms with Crippen molar-refractivity contribution in [2.45, 2.75) is 32.5 Å². The third kappa shape index (κ3) is 4.19. The summed E-state index contributed by atoms with van der Waals surface area (Å²) in [5, 5.41) is 11.6. The molecular weight excluding hydrogens is 392 g/mol. The Morgan fingerprint density at radius 1 is 1.08 bits per heavy atom. The number of hydrogen-bond donors (Lipinski definition) is 0. The molecule has 0 N–H and O–H groups in total. The highest BCUT2D eigenvalue weighted by Gasteiger charge is 2.38. The van der Waals surface area contributed by atoms with Gasteiger partial charge in [0.05, 0.1) is 17.1 Å². The zero-order valence-corrected chi connectivity index (χ0v) is 15.0. The Labute approximate surface area is 156 Å². The van der Waals surface area contributed by atoms with Crippen LogP contribution < -0.4 is 0 Å². The molecular formula is C16H13Cl2F3N4O. The van der Waals surface area contributed by atoms with Crippen molar-refractivity contribution in [2.75, 3.05) is 0 Å². The Kier molecular flexibility index (Phi) is 5.24. The largest absolute Gasteiger partial charge is 0.436 e. The van der Waals surface area contributed by atoms with E-state index in [-0.39, 0.29) is 18.7 Å². The topological polar surface area (TPSA) is 56.7 Å². The number of hydrogen-bond acceptors (Lipinski definition) is 4. The van der Waals surface area contributed by atoms with Gasteiger partial charge in [-0.1, -0.05) is 35.3 Å². The highest BCUT2D eigenvalue weighted by atomic mass is 35.5. The van der Waals surface area contributed by atoms with E-state index in [1.54, 1.807) is 12.1 Å². The van der Waals surface area contributed by atoms with E-state index in [1.165, 1.54) is 11.6 Å². The Balaban J connectivity index is 1.66. The summed E-state index contributed by atoms with van der Waals surface area (Å²) in [6, 6.07) is 7.22. The molecule has 3 aromatic rings. The maximum atomic E-state index is 12.8. The molecule has 3 rings (SSSR count). The number of aryl methyl sites for hydroxylation is 2. The SMILES string of the molecule is Cc1c(Cl)c(C(F)(F)F)nn1CCc1nnc(Cc2ccc(Cl)cc2)o1. The molecule has 2 aromatic heterocycles. The molecule has 0 bridgehead atoms. The Bertz CT molecular complexity index is 903. The second-order valence-corrected chi connectivity index (χ2v) is 6.43. The van der Waals surface area contributed by atoms with Crippen LogP contribution in [0.3, 0.4) is 0 Å². The molecule has 0 aliphatic rings. The first-order valence-electron chi connectivity index (χ1n) is 7.60. The minimum Gasteiger partial charge on any atom is -0.425 e. The lowest BCUT2D eigenvalue weighted by Crippen LogP contribution is -2.10.